The summed E-state index contributed by atoms with van der Waals surface area (Å²) >= 11 is 1.65. The highest BCUT2D eigenvalue weighted by Gasteiger charge is 2.12. The fourth-order valence-electron chi connectivity index (χ4n) is 1.83. The summed E-state index contributed by atoms with van der Waals surface area (Å²) in [7, 11) is 0. The van der Waals surface area contributed by atoms with Crippen molar-refractivity contribution >= 4 is 17.0 Å². The molecule has 3 aromatic rings. The number of rotatable bonds is 4. The first-order valence-corrected chi connectivity index (χ1v) is 6.63. The van der Waals surface area contributed by atoms with Crippen molar-refractivity contribution in [2.45, 2.75) is 19.5 Å². The van der Waals surface area contributed by atoms with Crippen LogP contribution in [0.4, 0.5) is 0 Å². The van der Waals surface area contributed by atoms with E-state index in [1.165, 1.54) is 4.88 Å². The smallest absolute Gasteiger partial charge is 0.160 e. The molecule has 0 amide bonds. The molecule has 0 spiro atoms. The van der Waals surface area contributed by atoms with Gasteiger partial charge in [0.1, 0.15) is 0 Å². The number of aromatic nitrogens is 4. The van der Waals surface area contributed by atoms with E-state index >= 15 is 0 Å². The van der Waals surface area contributed by atoms with E-state index in [4.69, 9.17) is 0 Å². The van der Waals surface area contributed by atoms with Gasteiger partial charge in [0.25, 0.3) is 0 Å². The van der Waals surface area contributed by atoms with Crippen LogP contribution in [0.25, 0.3) is 5.65 Å². The van der Waals surface area contributed by atoms with Crippen molar-refractivity contribution in [2.75, 3.05) is 0 Å². The standard InChI is InChI=1S/C12H13N5S/c1-9(14-7-10-6-13-8-18-10)12-16-15-11-4-2-3-5-17(11)12/h2-6,8-9,14H,7H2,1H3. The Morgan fingerprint density at radius 3 is 3.17 bits per heavy atom. The third kappa shape index (κ3) is 2.12. The lowest BCUT2D eigenvalue weighted by atomic mass is 10.3. The molecule has 0 radical (unpaired) electrons. The van der Waals surface area contributed by atoms with Crippen LogP contribution >= 0.6 is 11.3 Å². The van der Waals surface area contributed by atoms with Gasteiger partial charge in [0.15, 0.2) is 11.5 Å². The lowest BCUT2D eigenvalue weighted by Gasteiger charge is -2.10. The number of hydrogen-bond acceptors (Lipinski definition) is 5. The Balaban J connectivity index is 1.77. The first-order valence-electron chi connectivity index (χ1n) is 5.75. The van der Waals surface area contributed by atoms with Gasteiger partial charge in [-0.1, -0.05) is 6.07 Å². The van der Waals surface area contributed by atoms with Crippen LogP contribution in [0.2, 0.25) is 0 Å². The SMILES string of the molecule is CC(NCc1cncs1)c1nnc2ccccn12. The minimum absolute atomic E-state index is 0.143. The summed E-state index contributed by atoms with van der Waals surface area (Å²) in [5.41, 5.74) is 2.72. The summed E-state index contributed by atoms with van der Waals surface area (Å²) in [5.74, 6) is 0.926. The minimum atomic E-state index is 0.143. The highest BCUT2D eigenvalue weighted by Crippen LogP contribution is 2.13. The fraction of sp³-hybridized carbons (Fsp3) is 0.250. The van der Waals surface area contributed by atoms with Crippen LogP contribution < -0.4 is 5.32 Å². The topological polar surface area (TPSA) is 55.1 Å². The zero-order chi connectivity index (χ0) is 12.4. The highest BCUT2D eigenvalue weighted by atomic mass is 32.1. The van der Waals surface area contributed by atoms with Crippen LogP contribution in [0.5, 0.6) is 0 Å². The zero-order valence-electron chi connectivity index (χ0n) is 9.95. The molecular weight excluding hydrogens is 246 g/mol. The van der Waals surface area contributed by atoms with E-state index in [9.17, 15) is 0 Å². The van der Waals surface area contributed by atoms with Gasteiger partial charge in [0, 0.05) is 23.8 Å². The molecule has 1 unspecified atom stereocenters. The highest BCUT2D eigenvalue weighted by molar-refractivity contribution is 7.09. The van der Waals surface area contributed by atoms with Crippen LogP contribution in [-0.4, -0.2) is 19.6 Å². The van der Waals surface area contributed by atoms with Crippen LogP contribution in [0.15, 0.2) is 36.1 Å². The lowest BCUT2D eigenvalue weighted by Crippen LogP contribution is -2.19. The van der Waals surface area contributed by atoms with E-state index in [1.54, 1.807) is 11.3 Å². The number of hydrogen-bond donors (Lipinski definition) is 1. The van der Waals surface area contributed by atoms with E-state index in [0.29, 0.717) is 0 Å². The van der Waals surface area contributed by atoms with E-state index in [2.05, 4.69) is 27.4 Å². The van der Waals surface area contributed by atoms with Gasteiger partial charge in [0.2, 0.25) is 0 Å². The third-order valence-electron chi connectivity index (χ3n) is 2.79. The Bertz CT molecular complexity index is 631. The van der Waals surface area contributed by atoms with Gasteiger partial charge in [-0.15, -0.1) is 21.5 Å². The average molecular weight is 259 g/mol. The Labute approximate surface area is 109 Å². The molecule has 0 aliphatic rings. The first-order chi connectivity index (χ1) is 8.84. The molecule has 92 valence electrons. The van der Waals surface area contributed by atoms with Crippen molar-refractivity contribution in [3.05, 3.63) is 46.8 Å². The molecule has 0 saturated carbocycles. The molecule has 0 aliphatic carbocycles. The number of thiazole rings is 1. The van der Waals surface area contributed by atoms with Gasteiger partial charge < -0.3 is 5.32 Å². The van der Waals surface area contributed by atoms with Gasteiger partial charge in [0.05, 0.1) is 11.6 Å². The molecular formula is C12H13N5S. The van der Waals surface area contributed by atoms with E-state index < -0.39 is 0 Å². The van der Waals surface area contributed by atoms with Gasteiger partial charge in [-0.3, -0.25) is 9.38 Å². The Kier molecular flexibility index (Phi) is 3.04. The summed E-state index contributed by atoms with van der Waals surface area (Å²) in [4.78, 5) is 5.28. The largest absolute Gasteiger partial charge is 0.303 e. The molecule has 3 rings (SSSR count). The summed E-state index contributed by atoms with van der Waals surface area (Å²) in [6.45, 7) is 2.89. The van der Waals surface area contributed by atoms with E-state index in [1.807, 2.05) is 40.5 Å². The molecule has 1 N–H and O–H groups in total. The Morgan fingerprint density at radius 2 is 2.33 bits per heavy atom. The number of nitrogens with one attached hydrogen (secondary N) is 1. The number of nitrogens with zero attached hydrogens (tertiary/aromatic N) is 4. The zero-order valence-corrected chi connectivity index (χ0v) is 10.8. The van der Waals surface area contributed by atoms with Crippen molar-refractivity contribution in [3.8, 4) is 0 Å². The summed E-state index contributed by atoms with van der Waals surface area (Å²) in [6.07, 6.45) is 3.86. The second kappa shape index (κ2) is 4.83. The maximum absolute atomic E-state index is 4.23. The van der Waals surface area contributed by atoms with Gasteiger partial charge >= 0.3 is 0 Å². The molecule has 5 nitrogen and oxygen atoms in total. The van der Waals surface area contributed by atoms with Crippen molar-refractivity contribution in [1.82, 2.24) is 24.9 Å². The Morgan fingerprint density at radius 1 is 1.39 bits per heavy atom. The van der Waals surface area contributed by atoms with Gasteiger partial charge in [-0.25, -0.2) is 0 Å². The average Bonchev–Trinajstić information content (AvgIpc) is 3.05. The molecule has 0 aliphatic heterocycles. The normalized spacial score (nSPS) is 12.9. The summed E-state index contributed by atoms with van der Waals surface area (Å²) < 4.78 is 2.00. The molecule has 0 fully saturated rings. The quantitative estimate of drug-likeness (QED) is 0.779. The predicted octanol–water partition coefficient (Wildman–Crippen LogP) is 2.04. The minimum Gasteiger partial charge on any atom is -0.303 e. The molecule has 3 aromatic heterocycles. The molecule has 0 aromatic carbocycles. The third-order valence-corrected chi connectivity index (χ3v) is 3.57. The molecule has 0 saturated heterocycles. The maximum atomic E-state index is 4.23. The molecule has 3 heterocycles. The molecule has 1 atom stereocenters. The van der Waals surface area contributed by atoms with Crippen LogP contribution in [0, 0.1) is 0 Å². The Hall–Kier alpha value is -1.79. The summed E-state index contributed by atoms with van der Waals surface area (Å²) in [6, 6.07) is 6.04. The van der Waals surface area contributed by atoms with Crippen LogP contribution in [-0.2, 0) is 6.54 Å². The lowest BCUT2D eigenvalue weighted by molar-refractivity contribution is 0.544. The van der Waals surface area contributed by atoms with Crippen LogP contribution in [0.3, 0.4) is 0 Å². The monoisotopic (exact) mass is 259 g/mol. The number of fused-ring (bicyclic) bond motifs is 1. The van der Waals surface area contributed by atoms with Crippen LogP contribution in [0.1, 0.15) is 23.7 Å². The fourth-order valence-corrected chi connectivity index (χ4v) is 2.38. The van der Waals surface area contributed by atoms with E-state index in [0.717, 1.165) is 18.0 Å². The van der Waals surface area contributed by atoms with Gasteiger partial charge in [-0.05, 0) is 19.1 Å². The maximum Gasteiger partial charge on any atom is 0.160 e. The molecule has 6 heteroatoms. The summed E-state index contributed by atoms with van der Waals surface area (Å²) in [5, 5.41) is 11.8. The van der Waals surface area contributed by atoms with E-state index in [-0.39, 0.29) is 6.04 Å². The first kappa shape index (κ1) is 11.3. The predicted molar refractivity (Wildman–Crippen MR) is 70.4 cm³/mol. The van der Waals surface area contributed by atoms with Gasteiger partial charge in [-0.2, -0.15) is 0 Å². The van der Waals surface area contributed by atoms with Crippen molar-refractivity contribution in [1.29, 1.82) is 0 Å². The number of pyridine rings is 1. The molecule has 0 bridgehead atoms. The second-order valence-electron chi connectivity index (χ2n) is 4.06. The van der Waals surface area contributed by atoms with Crippen molar-refractivity contribution in [3.63, 3.8) is 0 Å². The molecule has 18 heavy (non-hydrogen) atoms. The second-order valence-corrected chi connectivity index (χ2v) is 5.03. The van der Waals surface area contributed by atoms with Crippen molar-refractivity contribution < 1.29 is 0 Å². The van der Waals surface area contributed by atoms with Crippen molar-refractivity contribution in [2.24, 2.45) is 0 Å².